The van der Waals surface area contributed by atoms with Crippen molar-refractivity contribution in [1.29, 1.82) is 0 Å². The zero-order valence-corrected chi connectivity index (χ0v) is 28.9. The molecule has 4 unspecified atom stereocenters. The third kappa shape index (κ3) is 3.77. The van der Waals surface area contributed by atoms with Gasteiger partial charge in [-0.1, -0.05) is 116 Å². The molecule has 244 valence electrons. The zero-order valence-electron chi connectivity index (χ0n) is 28.9. The van der Waals surface area contributed by atoms with Crippen molar-refractivity contribution in [1.82, 2.24) is 0 Å². The minimum absolute atomic E-state index is 0.158. The van der Waals surface area contributed by atoms with Gasteiger partial charge in [0.1, 0.15) is 11.2 Å². The average Bonchev–Trinajstić information content (AvgIpc) is 3.68. The molecule has 2 fully saturated rings. The molecule has 0 N–H and O–H groups in total. The van der Waals surface area contributed by atoms with Crippen LogP contribution < -0.4 is 0 Å². The van der Waals surface area contributed by atoms with Crippen molar-refractivity contribution in [3.05, 3.63) is 145 Å². The van der Waals surface area contributed by atoms with Crippen molar-refractivity contribution < 1.29 is 4.42 Å². The highest BCUT2D eigenvalue weighted by Gasteiger charge is 2.52. The summed E-state index contributed by atoms with van der Waals surface area (Å²) in [4.78, 5) is 0. The van der Waals surface area contributed by atoms with Crippen molar-refractivity contribution in [2.75, 3.05) is 0 Å². The van der Waals surface area contributed by atoms with Crippen LogP contribution in [0.5, 0.6) is 0 Å². The summed E-state index contributed by atoms with van der Waals surface area (Å²) in [5.74, 6) is 2.46. The van der Waals surface area contributed by atoms with E-state index < -0.39 is 0 Å². The van der Waals surface area contributed by atoms with Gasteiger partial charge in [0.05, 0.1) is 0 Å². The molecular formula is C50H38O. The molecule has 3 aliphatic rings. The highest BCUT2D eigenvalue weighted by molar-refractivity contribution is 6.25. The third-order valence-corrected chi connectivity index (χ3v) is 13.5. The molecule has 0 aliphatic heterocycles. The SMILES string of the molecule is CC1CC2CCC3(c4ccccc4-c4cc(-c5cccc6oc7cc(-c8ccc9ccc%10cccc%11ccc8c9c%10%11)ccc7c56)ccc43)C(C1)C2. The molecule has 1 spiro atoms. The summed E-state index contributed by atoms with van der Waals surface area (Å²) < 4.78 is 6.70. The Hall–Kier alpha value is -5.40. The maximum absolute atomic E-state index is 6.70. The van der Waals surface area contributed by atoms with Gasteiger partial charge in [0.15, 0.2) is 0 Å². The molecule has 51 heavy (non-hydrogen) atoms. The van der Waals surface area contributed by atoms with Gasteiger partial charge in [-0.3, -0.25) is 0 Å². The van der Waals surface area contributed by atoms with E-state index in [1.54, 1.807) is 11.1 Å². The van der Waals surface area contributed by atoms with Crippen LogP contribution in [0.15, 0.2) is 138 Å². The summed E-state index contributed by atoms with van der Waals surface area (Å²) in [5, 5.41) is 10.3. The summed E-state index contributed by atoms with van der Waals surface area (Å²) in [6.07, 6.45) is 6.80. The fraction of sp³-hybridized carbons (Fsp3) is 0.200. The summed E-state index contributed by atoms with van der Waals surface area (Å²) in [6, 6.07) is 50.5. The molecule has 2 bridgehead atoms. The Bertz CT molecular complexity index is 2870. The van der Waals surface area contributed by atoms with Crippen LogP contribution in [0.1, 0.15) is 50.2 Å². The first kappa shape index (κ1) is 28.3. The lowest BCUT2D eigenvalue weighted by Crippen LogP contribution is -2.44. The smallest absolute Gasteiger partial charge is 0.136 e. The first-order valence-electron chi connectivity index (χ1n) is 19.0. The largest absolute Gasteiger partial charge is 0.456 e. The van der Waals surface area contributed by atoms with E-state index in [0.29, 0.717) is 0 Å². The number of rotatable bonds is 2. The summed E-state index contributed by atoms with van der Waals surface area (Å²) in [6.45, 7) is 2.49. The molecule has 12 rings (SSSR count). The van der Waals surface area contributed by atoms with Gasteiger partial charge in [0.25, 0.3) is 0 Å². The highest BCUT2D eigenvalue weighted by Crippen LogP contribution is 2.62. The Balaban J connectivity index is 1.01. The number of hydrogen-bond acceptors (Lipinski definition) is 1. The fourth-order valence-electron chi connectivity index (χ4n) is 11.5. The Morgan fingerprint density at radius 3 is 2.16 bits per heavy atom. The summed E-state index contributed by atoms with van der Waals surface area (Å²) >= 11 is 0. The van der Waals surface area contributed by atoms with Gasteiger partial charge < -0.3 is 4.42 Å². The second-order valence-electron chi connectivity index (χ2n) is 16.2. The van der Waals surface area contributed by atoms with Crippen molar-refractivity contribution in [2.45, 2.75) is 44.4 Å². The number of benzene rings is 8. The Labute approximate surface area is 297 Å². The van der Waals surface area contributed by atoms with E-state index in [-0.39, 0.29) is 5.41 Å². The molecule has 1 aromatic heterocycles. The van der Waals surface area contributed by atoms with Crippen LogP contribution in [-0.2, 0) is 5.41 Å². The third-order valence-electron chi connectivity index (χ3n) is 13.5. The number of fused-ring (bicyclic) bond motifs is 11. The van der Waals surface area contributed by atoms with E-state index in [9.17, 15) is 0 Å². The van der Waals surface area contributed by atoms with Crippen LogP contribution in [0.3, 0.4) is 0 Å². The van der Waals surface area contributed by atoms with Crippen LogP contribution >= 0.6 is 0 Å². The molecule has 4 atom stereocenters. The standard InChI is InChI=1S/C50H38O/c1-29-24-30-22-23-50(36(25-29)26-30)43-10-3-2-8-39(43)42-27-34(17-21-44(42)50)38-9-5-11-45-49(38)41-20-16-35(28-46(41)51-45)37-18-14-33-13-12-31-6-4-7-32-15-19-40(37)48(33)47(31)32/h2-21,27-30,36H,22-26H2,1H3. The Kier molecular flexibility index (Phi) is 5.61. The molecule has 1 nitrogen and oxygen atoms in total. The number of hydrogen-bond donors (Lipinski definition) is 0. The van der Waals surface area contributed by atoms with Gasteiger partial charge in [-0.05, 0) is 151 Å². The van der Waals surface area contributed by atoms with Gasteiger partial charge in [-0.2, -0.15) is 0 Å². The highest BCUT2D eigenvalue weighted by atomic mass is 16.3. The van der Waals surface area contributed by atoms with Crippen LogP contribution in [-0.4, -0.2) is 0 Å². The molecule has 0 amide bonds. The van der Waals surface area contributed by atoms with Crippen LogP contribution in [0, 0.1) is 17.8 Å². The van der Waals surface area contributed by atoms with E-state index in [1.807, 2.05) is 0 Å². The van der Waals surface area contributed by atoms with E-state index in [0.717, 1.165) is 28.9 Å². The Morgan fingerprint density at radius 1 is 0.510 bits per heavy atom. The maximum atomic E-state index is 6.70. The first-order valence-corrected chi connectivity index (χ1v) is 19.0. The molecule has 3 aliphatic carbocycles. The average molecular weight is 655 g/mol. The van der Waals surface area contributed by atoms with Crippen molar-refractivity contribution in [3.8, 4) is 33.4 Å². The van der Waals surface area contributed by atoms with Gasteiger partial charge in [0, 0.05) is 16.2 Å². The van der Waals surface area contributed by atoms with Crippen molar-refractivity contribution in [2.24, 2.45) is 17.8 Å². The van der Waals surface area contributed by atoms with Crippen molar-refractivity contribution >= 4 is 54.3 Å². The normalized spacial score (nSPS) is 22.5. The second kappa shape index (κ2) is 10.1. The molecule has 2 saturated carbocycles. The second-order valence-corrected chi connectivity index (χ2v) is 16.2. The van der Waals surface area contributed by atoms with Gasteiger partial charge in [-0.25, -0.2) is 0 Å². The summed E-state index contributed by atoms with van der Waals surface area (Å²) in [7, 11) is 0. The lowest BCUT2D eigenvalue weighted by atomic mass is 9.53. The predicted molar refractivity (Wildman–Crippen MR) is 214 cm³/mol. The van der Waals surface area contributed by atoms with Gasteiger partial charge in [0.2, 0.25) is 0 Å². The fourth-order valence-corrected chi connectivity index (χ4v) is 11.5. The molecule has 1 heteroatoms. The zero-order chi connectivity index (χ0) is 33.4. The van der Waals surface area contributed by atoms with Crippen LogP contribution in [0.4, 0.5) is 0 Å². The molecule has 0 radical (unpaired) electrons. The van der Waals surface area contributed by atoms with E-state index >= 15 is 0 Å². The lowest BCUT2D eigenvalue weighted by Gasteiger charge is -2.50. The van der Waals surface area contributed by atoms with Crippen LogP contribution in [0.25, 0.3) is 87.6 Å². The molecule has 9 aromatic rings. The molecular weight excluding hydrogens is 617 g/mol. The molecule has 1 heterocycles. The monoisotopic (exact) mass is 654 g/mol. The van der Waals surface area contributed by atoms with Gasteiger partial charge in [-0.15, -0.1) is 0 Å². The van der Waals surface area contributed by atoms with E-state index in [4.69, 9.17) is 4.42 Å². The van der Waals surface area contributed by atoms with Crippen molar-refractivity contribution in [3.63, 3.8) is 0 Å². The van der Waals surface area contributed by atoms with E-state index in [1.165, 1.54) is 109 Å². The summed E-state index contributed by atoms with van der Waals surface area (Å²) in [5.41, 5.74) is 13.1. The number of furan rings is 1. The predicted octanol–water partition coefficient (Wildman–Crippen LogP) is 13.9. The Morgan fingerprint density at radius 2 is 1.24 bits per heavy atom. The molecule has 0 saturated heterocycles. The van der Waals surface area contributed by atoms with Crippen LogP contribution in [0.2, 0.25) is 0 Å². The molecule has 8 aromatic carbocycles. The maximum Gasteiger partial charge on any atom is 0.136 e. The topological polar surface area (TPSA) is 13.1 Å². The minimum atomic E-state index is 0.158. The first-order chi connectivity index (χ1) is 25.1. The quantitative estimate of drug-likeness (QED) is 0.169. The lowest BCUT2D eigenvalue weighted by molar-refractivity contribution is 0.0856. The van der Waals surface area contributed by atoms with E-state index in [2.05, 4.69) is 140 Å². The minimum Gasteiger partial charge on any atom is -0.456 e. The van der Waals surface area contributed by atoms with Gasteiger partial charge >= 0.3 is 0 Å².